The average molecular weight is 250 g/mol. The van der Waals surface area contributed by atoms with Gasteiger partial charge in [0.15, 0.2) is 0 Å². The maximum absolute atomic E-state index is 3.83. The molecule has 1 aliphatic carbocycles. The summed E-state index contributed by atoms with van der Waals surface area (Å²) in [7, 11) is 2.25. The summed E-state index contributed by atoms with van der Waals surface area (Å²) in [5, 5.41) is 3.83. The summed E-state index contributed by atoms with van der Waals surface area (Å²) in [6.07, 6.45) is 7.76. The molecule has 2 rings (SSSR count). The summed E-state index contributed by atoms with van der Waals surface area (Å²) < 4.78 is 0. The minimum atomic E-state index is 0.739. The van der Waals surface area contributed by atoms with Gasteiger partial charge in [0.05, 0.1) is 0 Å². The Morgan fingerprint density at radius 1 is 1.33 bits per heavy atom. The van der Waals surface area contributed by atoms with Crippen LogP contribution in [0.1, 0.15) is 46.5 Å². The van der Waals surface area contributed by atoms with E-state index in [4.69, 9.17) is 0 Å². The Bertz CT molecular complexity index is 297. The second-order valence-corrected chi connectivity index (χ2v) is 6.76. The lowest BCUT2D eigenvalue weighted by Crippen LogP contribution is -2.46. The third-order valence-corrected chi connectivity index (χ3v) is 4.79. The number of piperidine rings is 1. The standard InChI is InChI=1S/C16H30N2/c1-12-7-13(2)9-15(8-12)11-17-16-5-6-18(4)14(3)10-16/h7,12,14-17H,5-6,8-11H2,1-4H3. The van der Waals surface area contributed by atoms with Gasteiger partial charge >= 0.3 is 0 Å². The van der Waals surface area contributed by atoms with Crippen LogP contribution in [0.3, 0.4) is 0 Å². The molecule has 2 aliphatic rings. The van der Waals surface area contributed by atoms with Gasteiger partial charge in [-0.15, -0.1) is 0 Å². The molecule has 0 aromatic heterocycles. The summed E-state index contributed by atoms with van der Waals surface area (Å²) >= 11 is 0. The molecule has 4 atom stereocenters. The quantitative estimate of drug-likeness (QED) is 0.775. The highest BCUT2D eigenvalue weighted by Gasteiger charge is 2.24. The Balaban J connectivity index is 1.74. The van der Waals surface area contributed by atoms with E-state index in [9.17, 15) is 0 Å². The molecular formula is C16H30N2. The van der Waals surface area contributed by atoms with Crippen LogP contribution in [-0.2, 0) is 0 Å². The van der Waals surface area contributed by atoms with Gasteiger partial charge in [0.25, 0.3) is 0 Å². The monoisotopic (exact) mass is 250 g/mol. The van der Waals surface area contributed by atoms with Crippen LogP contribution in [-0.4, -0.2) is 37.1 Å². The first kappa shape index (κ1) is 14.1. The predicted octanol–water partition coefficient (Wildman–Crippen LogP) is 3.05. The lowest BCUT2D eigenvalue weighted by Gasteiger charge is -2.36. The largest absolute Gasteiger partial charge is 0.314 e. The van der Waals surface area contributed by atoms with Gasteiger partial charge in [-0.05, 0) is 71.5 Å². The molecule has 0 aromatic carbocycles. The van der Waals surface area contributed by atoms with E-state index in [0.717, 1.165) is 23.9 Å². The van der Waals surface area contributed by atoms with E-state index in [1.54, 1.807) is 5.57 Å². The molecule has 1 saturated heterocycles. The van der Waals surface area contributed by atoms with Crippen molar-refractivity contribution in [2.24, 2.45) is 11.8 Å². The van der Waals surface area contributed by atoms with Gasteiger partial charge in [-0.3, -0.25) is 0 Å². The van der Waals surface area contributed by atoms with Gasteiger partial charge in [-0.2, -0.15) is 0 Å². The summed E-state index contributed by atoms with van der Waals surface area (Å²) in [6.45, 7) is 9.46. The van der Waals surface area contributed by atoms with E-state index in [-0.39, 0.29) is 0 Å². The SMILES string of the molecule is CC1=CC(C)CC(CNC2CCN(C)C(C)C2)C1. The van der Waals surface area contributed by atoms with Crippen molar-refractivity contribution in [3.05, 3.63) is 11.6 Å². The van der Waals surface area contributed by atoms with Crippen LogP contribution in [0, 0.1) is 11.8 Å². The molecule has 104 valence electrons. The van der Waals surface area contributed by atoms with E-state index >= 15 is 0 Å². The third-order valence-electron chi connectivity index (χ3n) is 4.79. The molecule has 18 heavy (non-hydrogen) atoms. The number of nitrogens with zero attached hydrogens (tertiary/aromatic N) is 1. The fraction of sp³-hybridized carbons (Fsp3) is 0.875. The normalized spacial score (nSPS) is 38.6. The molecule has 0 aromatic rings. The van der Waals surface area contributed by atoms with Crippen molar-refractivity contribution < 1.29 is 0 Å². The molecule has 1 fully saturated rings. The van der Waals surface area contributed by atoms with Crippen LogP contribution in [0.25, 0.3) is 0 Å². The van der Waals surface area contributed by atoms with Crippen molar-refractivity contribution >= 4 is 0 Å². The van der Waals surface area contributed by atoms with Crippen molar-refractivity contribution in [3.8, 4) is 0 Å². The Hall–Kier alpha value is -0.340. The number of hydrogen-bond donors (Lipinski definition) is 1. The number of likely N-dealkylation sites (tertiary alicyclic amines) is 1. The average Bonchev–Trinajstić information content (AvgIpc) is 2.29. The van der Waals surface area contributed by atoms with Crippen LogP contribution < -0.4 is 5.32 Å². The van der Waals surface area contributed by atoms with Crippen LogP contribution in [0.15, 0.2) is 11.6 Å². The minimum Gasteiger partial charge on any atom is -0.314 e. The lowest BCUT2D eigenvalue weighted by molar-refractivity contribution is 0.164. The smallest absolute Gasteiger partial charge is 0.00941 e. The first-order valence-corrected chi connectivity index (χ1v) is 7.65. The second-order valence-electron chi connectivity index (χ2n) is 6.76. The van der Waals surface area contributed by atoms with Crippen molar-refractivity contribution in [2.75, 3.05) is 20.1 Å². The van der Waals surface area contributed by atoms with E-state index in [1.165, 1.54) is 38.8 Å². The molecule has 0 bridgehead atoms. The Morgan fingerprint density at radius 3 is 2.78 bits per heavy atom. The first-order valence-electron chi connectivity index (χ1n) is 7.65. The van der Waals surface area contributed by atoms with Crippen molar-refractivity contribution in [1.29, 1.82) is 0 Å². The van der Waals surface area contributed by atoms with Crippen LogP contribution in [0.2, 0.25) is 0 Å². The molecule has 1 N–H and O–H groups in total. The number of rotatable bonds is 3. The summed E-state index contributed by atoms with van der Waals surface area (Å²) in [6, 6.07) is 1.49. The molecule has 0 spiro atoms. The number of hydrogen-bond acceptors (Lipinski definition) is 2. The highest BCUT2D eigenvalue weighted by atomic mass is 15.1. The molecule has 0 saturated carbocycles. The number of nitrogens with one attached hydrogen (secondary N) is 1. The van der Waals surface area contributed by atoms with E-state index in [1.807, 2.05) is 0 Å². The predicted molar refractivity (Wildman–Crippen MR) is 78.8 cm³/mol. The highest BCUT2D eigenvalue weighted by Crippen LogP contribution is 2.27. The molecule has 2 heteroatoms. The zero-order valence-electron chi connectivity index (χ0n) is 12.6. The van der Waals surface area contributed by atoms with Gasteiger partial charge < -0.3 is 10.2 Å². The summed E-state index contributed by atoms with van der Waals surface area (Å²) in [5.41, 5.74) is 1.59. The maximum atomic E-state index is 3.83. The van der Waals surface area contributed by atoms with Crippen molar-refractivity contribution in [2.45, 2.75) is 58.5 Å². The molecule has 0 radical (unpaired) electrons. The van der Waals surface area contributed by atoms with Gasteiger partial charge in [0, 0.05) is 12.1 Å². The fourth-order valence-electron chi connectivity index (χ4n) is 3.65. The second kappa shape index (κ2) is 6.21. The van der Waals surface area contributed by atoms with Gasteiger partial charge in [0.1, 0.15) is 0 Å². The molecule has 2 nitrogen and oxygen atoms in total. The molecule has 1 aliphatic heterocycles. The van der Waals surface area contributed by atoms with Gasteiger partial charge in [-0.25, -0.2) is 0 Å². The zero-order chi connectivity index (χ0) is 13.1. The van der Waals surface area contributed by atoms with Crippen LogP contribution in [0.5, 0.6) is 0 Å². The first-order chi connectivity index (χ1) is 8.54. The minimum absolute atomic E-state index is 0.739. The lowest BCUT2D eigenvalue weighted by atomic mass is 9.83. The molecule has 0 amide bonds. The Morgan fingerprint density at radius 2 is 2.11 bits per heavy atom. The third kappa shape index (κ3) is 3.83. The molecular weight excluding hydrogens is 220 g/mol. The molecule has 4 unspecified atom stereocenters. The van der Waals surface area contributed by atoms with Crippen molar-refractivity contribution in [3.63, 3.8) is 0 Å². The van der Waals surface area contributed by atoms with E-state index in [2.05, 4.69) is 44.1 Å². The van der Waals surface area contributed by atoms with E-state index < -0.39 is 0 Å². The highest BCUT2D eigenvalue weighted by molar-refractivity contribution is 5.06. The van der Waals surface area contributed by atoms with Gasteiger partial charge in [-0.1, -0.05) is 18.6 Å². The van der Waals surface area contributed by atoms with Crippen LogP contribution in [0.4, 0.5) is 0 Å². The fourth-order valence-corrected chi connectivity index (χ4v) is 3.65. The van der Waals surface area contributed by atoms with Crippen molar-refractivity contribution in [1.82, 2.24) is 10.2 Å². The molecule has 1 heterocycles. The number of allylic oxidation sites excluding steroid dienone is 2. The Kier molecular flexibility index (Phi) is 4.85. The topological polar surface area (TPSA) is 15.3 Å². The Labute approximate surface area is 113 Å². The maximum Gasteiger partial charge on any atom is 0.00941 e. The zero-order valence-corrected chi connectivity index (χ0v) is 12.6. The summed E-state index contributed by atoms with van der Waals surface area (Å²) in [4.78, 5) is 2.48. The van der Waals surface area contributed by atoms with Crippen LogP contribution >= 0.6 is 0 Å². The van der Waals surface area contributed by atoms with Gasteiger partial charge in [0.2, 0.25) is 0 Å². The van der Waals surface area contributed by atoms with E-state index in [0.29, 0.717) is 0 Å². The summed E-state index contributed by atoms with van der Waals surface area (Å²) in [5.74, 6) is 1.64.